The number of carbonyl (C=O) groups is 2. The van der Waals surface area contributed by atoms with Gasteiger partial charge in [-0.1, -0.05) is 0 Å². The van der Waals surface area contributed by atoms with Crippen LogP contribution in [0.4, 0.5) is 0 Å². The predicted molar refractivity (Wildman–Crippen MR) is 178 cm³/mol. The van der Waals surface area contributed by atoms with Gasteiger partial charge in [0.25, 0.3) is 0 Å². The van der Waals surface area contributed by atoms with E-state index in [1.165, 1.54) is 0 Å². The van der Waals surface area contributed by atoms with Gasteiger partial charge in [0.2, 0.25) is 0 Å². The quantitative estimate of drug-likeness (QED) is 0.146. The first-order valence-electron chi connectivity index (χ1n) is 15.5. The summed E-state index contributed by atoms with van der Waals surface area (Å²) in [7, 11) is -0.474. The molecule has 0 unspecified atom stereocenters. The molecule has 1 aromatic heterocycles. The van der Waals surface area contributed by atoms with Crippen molar-refractivity contribution < 1.29 is 37.5 Å². The molecule has 0 radical (unpaired) electrons. The van der Waals surface area contributed by atoms with E-state index in [1.54, 1.807) is 12.4 Å². The fraction of sp³-hybridized carbons (Fsp3) is 0.455. The van der Waals surface area contributed by atoms with Crippen LogP contribution in [0, 0.1) is 0 Å². The zero-order chi connectivity index (χ0) is 33.3. The van der Waals surface area contributed by atoms with Gasteiger partial charge in [0, 0.05) is 0 Å². The molecule has 0 saturated heterocycles. The third-order valence-corrected chi connectivity index (χ3v) is 8.96. The van der Waals surface area contributed by atoms with E-state index in [1.807, 2.05) is 111 Å². The van der Waals surface area contributed by atoms with E-state index in [9.17, 15) is 14.5 Å². The number of ether oxygens (including phenoxy) is 2. The van der Waals surface area contributed by atoms with Gasteiger partial charge in [-0.3, -0.25) is 0 Å². The Morgan fingerprint density at radius 3 is 1.93 bits per heavy atom. The second-order valence-electron chi connectivity index (χ2n) is 11.9. The first-order valence-corrected chi connectivity index (χ1v) is 17.1. The third-order valence-electron chi connectivity index (χ3n) is 7.51. The van der Waals surface area contributed by atoms with E-state index in [0.717, 1.165) is 29.4 Å². The molecule has 252 valence electrons. The van der Waals surface area contributed by atoms with Gasteiger partial charge < -0.3 is 0 Å². The topological polar surface area (TPSA) is 115 Å². The molecular weight excluding hydrogens is 611 g/mol. The number of fused-ring (bicyclic) bond motifs is 1. The van der Waals surface area contributed by atoms with Crippen LogP contribution in [0.5, 0.6) is 0 Å². The maximum absolute atomic E-state index is 12.8. The van der Waals surface area contributed by atoms with Gasteiger partial charge in [0.15, 0.2) is 0 Å². The van der Waals surface area contributed by atoms with Crippen molar-refractivity contribution in [3.8, 4) is 0 Å². The van der Waals surface area contributed by atoms with Crippen molar-refractivity contribution in [2.24, 2.45) is 0 Å². The molecule has 1 aromatic carbocycles. The molecule has 13 heteroatoms. The van der Waals surface area contributed by atoms with Crippen molar-refractivity contribution >= 4 is 31.0 Å². The van der Waals surface area contributed by atoms with Crippen molar-refractivity contribution in [2.75, 3.05) is 34.2 Å². The van der Waals surface area contributed by atoms with Gasteiger partial charge in [-0.2, -0.15) is 0 Å². The number of nitrogens with zero attached hydrogens (tertiary/aromatic N) is 4. The number of hydrogen-bond donors (Lipinski definition) is 1. The Bertz CT molecular complexity index is 1420. The van der Waals surface area contributed by atoms with Gasteiger partial charge in [0.05, 0.1) is 0 Å². The summed E-state index contributed by atoms with van der Waals surface area (Å²) in [6.07, 6.45) is 14.6. The summed E-state index contributed by atoms with van der Waals surface area (Å²) in [4.78, 5) is 42.9. The molecular formula is C33H47N4O8P. The van der Waals surface area contributed by atoms with Crippen LogP contribution >= 0.6 is 8.17 Å². The molecule has 12 nitrogen and oxygen atoms in total. The number of hydrogen-bond acceptors (Lipinski definition) is 11. The predicted octanol–water partition coefficient (Wildman–Crippen LogP) is 5.18. The van der Waals surface area contributed by atoms with E-state index >= 15 is 0 Å². The van der Waals surface area contributed by atoms with Crippen LogP contribution in [0.25, 0.3) is 10.9 Å². The van der Waals surface area contributed by atoms with Crippen LogP contribution in [0.15, 0.2) is 78.6 Å². The second kappa shape index (κ2) is 16.4. The first kappa shape index (κ1) is 35.3. The molecule has 2 aromatic rings. The zero-order valence-corrected chi connectivity index (χ0v) is 28.5. The summed E-state index contributed by atoms with van der Waals surface area (Å²) < 4.78 is 29.5. The normalized spacial score (nSPS) is 15.6. The minimum absolute atomic E-state index is 0.119. The molecule has 46 heavy (non-hydrogen) atoms. The number of carbonyl (C=O) groups excluding carboxylic acids is 2. The zero-order valence-electron chi connectivity index (χ0n) is 27.5. The number of likely N-dealkylation sites (N-methyl/N-ethyl adjacent to an activating group) is 1. The van der Waals surface area contributed by atoms with Gasteiger partial charge >= 0.3 is 272 Å². The Balaban J connectivity index is 1.43. The molecule has 0 fully saturated rings. The second-order valence-corrected chi connectivity index (χ2v) is 13.9. The molecule has 0 atom stereocenters. The molecule has 1 N–H and O–H groups in total. The van der Waals surface area contributed by atoms with Crippen LogP contribution in [0.3, 0.4) is 0 Å². The Labute approximate surface area is 271 Å². The molecule has 4 rings (SSSR count). The number of aromatic nitrogens is 1. The van der Waals surface area contributed by atoms with Crippen molar-refractivity contribution in [3.63, 3.8) is 0 Å². The van der Waals surface area contributed by atoms with E-state index < -0.39 is 33.7 Å². The van der Waals surface area contributed by atoms with Gasteiger partial charge in [0.1, 0.15) is 0 Å². The number of rotatable bonds is 16. The number of allylic oxidation sites excluding steroid dienone is 2. The van der Waals surface area contributed by atoms with Crippen LogP contribution in [0.2, 0.25) is 0 Å². The number of para-hydroxylation sites is 1. The van der Waals surface area contributed by atoms with Crippen molar-refractivity contribution in [1.29, 1.82) is 0 Å². The number of esters is 2. The maximum atomic E-state index is 12.8. The molecule has 0 bridgehead atoms. The van der Waals surface area contributed by atoms with E-state index in [-0.39, 0.29) is 18.8 Å². The van der Waals surface area contributed by atoms with E-state index in [2.05, 4.69) is 4.90 Å². The summed E-state index contributed by atoms with van der Waals surface area (Å²) in [6, 6.07) is 8.23. The Kier molecular flexibility index (Phi) is 12.6. The molecule has 0 saturated carbocycles. The van der Waals surface area contributed by atoms with Gasteiger partial charge in [-0.25, -0.2) is 0 Å². The third kappa shape index (κ3) is 9.75. The molecule has 0 amide bonds. The van der Waals surface area contributed by atoms with E-state index in [4.69, 9.17) is 23.0 Å². The van der Waals surface area contributed by atoms with Crippen molar-refractivity contribution in [1.82, 2.24) is 19.3 Å². The summed E-state index contributed by atoms with van der Waals surface area (Å²) in [5.74, 6) is -1.18. The van der Waals surface area contributed by atoms with Gasteiger partial charge in [-0.15, -0.1) is 0 Å². The van der Waals surface area contributed by atoms with Crippen LogP contribution in [-0.2, 0) is 45.8 Å². The van der Waals surface area contributed by atoms with Crippen molar-refractivity contribution in [2.45, 2.75) is 65.8 Å². The van der Waals surface area contributed by atoms with Crippen LogP contribution in [-0.4, -0.2) is 82.4 Å². The summed E-state index contributed by atoms with van der Waals surface area (Å²) >= 11 is 0. The monoisotopic (exact) mass is 658 g/mol. The number of benzene rings is 1. The fourth-order valence-electron chi connectivity index (χ4n) is 4.82. The molecule has 3 heterocycles. The standard InChI is InChI=1S/C33H47N4O8P/c1-25(2)35-16-9-11-28(20-35)32(38)41-23-44-46(40,45-24-42-33(39)29-12-10-17-36(21-29)26(3)4)43-22-37-19-27(15-18-34(5)6)30-13-7-8-14-31(30)37/h7-10,13-14,16-17,19-21,25-26,40,46H,11-12,15,18,22-24H2,1-6H3. The van der Waals surface area contributed by atoms with E-state index in [0.29, 0.717) is 24.0 Å². The summed E-state index contributed by atoms with van der Waals surface area (Å²) in [5, 5.41) is 1.07. The Morgan fingerprint density at radius 1 is 0.870 bits per heavy atom. The Morgan fingerprint density at radius 2 is 1.41 bits per heavy atom. The van der Waals surface area contributed by atoms with Crippen molar-refractivity contribution in [3.05, 3.63) is 84.1 Å². The minimum atomic E-state index is -4.51. The molecule has 0 aliphatic carbocycles. The molecule has 2 aliphatic heterocycles. The molecule has 0 spiro atoms. The Hall–Kier alpha value is -3.51. The summed E-state index contributed by atoms with van der Waals surface area (Å²) in [6.45, 7) is 7.51. The fourth-order valence-corrected chi connectivity index (χ4v) is 5.79. The van der Waals surface area contributed by atoms with Crippen LogP contribution in [0.1, 0.15) is 46.1 Å². The van der Waals surface area contributed by atoms with Gasteiger partial charge in [-0.05, 0) is 0 Å². The first-order chi connectivity index (χ1) is 22.0. The molecule has 2 aliphatic rings. The van der Waals surface area contributed by atoms with Crippen LogP contribution < -0.4 is 0 Å². The average Bonchev–Trinajstić information content (AvgIpc) is 3.40. The summed E-state index contributed by atoms with van der Waals surface area (Å²) in [5.41, 5.74) is 2.91. The SMILES string of the molecule is CC(C)N1C=CCC(C(=O)OCO[PH](O)(OCOC(=O)C2=CN(C(C)C)C=CC2)OCn2cc(CCN(C)C)c3ccccc32)=C1. The average molecular weight is 659 g/mol.